The van der Waals surface area contributed by atoms with Gasteiger partial charge in [-0.25, -0.2) is 0 Å². The molecule has 1 heterocycles. The molecule has 0 aromatic carbocycles. The van der Waals surface area contributed by atoms with Gasteiger partial charge in [0.15, 0.2) is 0 Å². The van der Waals surface area contributed by atoms with Gasteiger partial charge >= 0.3 is 0 Å². The zero-order valence-corrected chi connectivity index (χ0v) is 9.29. The summed E-state index contributed by atoms with van der Waals surface area (Å²) in [5, 5.41) is 4.59. The topological polar surface area (TPSA) is 17.8 Å². The Morgan fingerprint density at radius 2 is 1.79 bits per heavy atom. The second-order valence-corrected chi connectivity index (χ2v) is 4.52. The summed E-state index contributed by atoms with van der Waals surface area (Å²) < 4.78 is 2.25. The van der Waals surface area contributed by atoms with Gasteiger partial charge in [-0.3, -0.25) is 4.68 Å². The van der Waals surface area contributed by atoms with Crippen LogP contribution >= 0.6 is 0 Å². The van der Waals surface area contributed by atoms with E-state index in [-0.39, 0.29) is 0 Å². The Balaban J connectivity index is 2.15. The molecule has 0 amide bonds. The van der Waals surface area contributed by atoms with Crippen LogP contribution in [0.2, 0.25) is 0 Å². The number of aryl methyl sites for hydroxylation is 2. The summed E-state index contributed by atoms with van der Waals surface area (Å²) in [6.07, 6.45) is 8.22. The van der Waals surface area contributed by atoms with Gasteiger partial charge in [0, 0.05) is 5.69 Å². The molecule has 1 aromatic rings. The lowest BCUT2D eigenvalue weighted by molar-refractivity contribution is 0.396. The third kappa shape index (κ3) is 1.99. The molecule has 1 aromatic heterocycles. The van der Waals surface area contributed by atoms with Crippen molar-refractivity contribution in [1.82, 2.24) is 9.78 Å². The van der Waals surface area contributed by atoms with Crippen molar-refractivity contribution in [2.45, 2.75) is 58.4 Å². The molecule has 1 saturated carbocycles. The molecular formula is C12H20N2. The number of hydrogen-bond donors (Lipinski definition) is 0. The fourth-order valence-electron chi connectivity index (χ4n) is 2.52. The highest BCUT2D eigenvalue weighted by atomic mass is 15.3. The van der Waals surface area contributed by atoms with E-state index in [1.807, 2.05) is 0 Å². The van der Waals surface area contributed by atoms with Gasteiger partial charge < -0.3 is 0 Å². The van der Waals surface area contributed by atoms with Gasteiger partial charge in [0.05, 0.1) is 11.7 Å². The van der Waals surface area contributed by atoms with E-state index in [9.17, 15) is 0 Å². The van der Waals surface area contributed by atoms with Gasteiger partial charge in [0.25, 0.3) is 0 Å². The molecule has 2 heteroatoms. The van der Waals surface area contributed by atoms with Crippen LogP contribution < -0.4 is 0 Å². The van der Waals surface area contributed by atoms with Gasteiger partial charge in [0.2, 0.25) is 0 Å². The van der Waals surface area contributed by atoms with Crippen molar-refractivity contribution in [3.63, 3.8) is 0 Å². The molecule has 0 atom stereocenters. The lowest BCUT2D eigenvalue weighted by Gasteiger charge is -2.16. The Hall–Kier alpha value is -0.790. The maximum atomic E-state index is 4.59. The molecule has 0 radical (unpaired) electrons. The van der Waals surface area contributed by atoms with Gasteiger partial charge in [-0.1, -0.05) is 25.7 Å². The average molecular weight is 192 g/mol. The maximum absolute atomic E-state index is 4.59. The van der Waals surface area contributed by atoms with E-state index < -0.39 is 0 Å². The first kappa shape index (κ1) is 9.75. The summed E-state index contributed by atoms with van der Waals surface area (Å²) in [5.74, 6) is 0. The van der Waals surface area contributed by atoms with E-state index in [0.717, 1.165) is 5.69 Å². The molecule has 14 heavy (non-hydrogen) atoms. The molecule has 0 N–H and O–H groups in total. The summed E-state index contributed by atoms with van der Waals surface area (Å²) in [5.41, 5.74) is 2.49. The Kier molecular flexibility index (Phi) is 2.90. The summed E-state index contributed by atoms with van der Waals surface area (Å²) in [4.78, 5) is 0. The van der Waals surface area contributed by atoms with Crippen molar-refractivity contribution in [1.29, 1.82) is 0 Å². The summed E-state index contributed by atoms with van der Waals surface area (Å²) in [7, 11) is 0. The second-order valence-electron chi connectivity index (χ2n) is 4.52. The van der Waals surface area contributed by atoms with Crippen LogP contribution in [0.15, 0.2) is 6.07 Å². The highest BCUT2D eigenvalue weighted by Crippen LogP contribution is 2.27. The third-order valence-electron chi connectivity index (χ3n) is 3.22. The predicted octanol–water partition coefficient (Wildman–Crippen LogP) is 3.40. The number of rotatable bonds is 1. The van der Waals surface area contributed by atoms with Gasteiger partial charge in [-0.05, 0) is 32.8 Å². The van der Waals surface area contributed by atoms with Gasteiger partial charge in [-0.15, -0.1) is 0 Å². The zero-order valence-electron chi connectivity index (χ0n) is 9.29. The standard InChI is InChI=1S/C12H20N2/c1-10-9-11(2)14(13-10)12-7-5-3-4-6-8-12/h9,12H,3-8H2,1-2H3. The van der Waals surface area contributed by atoms with Crippen molar-refractivity contribution < 1.29 is 0 Å². The summed E-state index contributed by atoms with van der Waals surface area (Å²) in [6, 6.07) is 2.86. The normalized spacial score (nSPS) is 19.6. The molecule has 2 rings (SSSR count). The molecule has 1 aliphatic carbocycles. The number of aromatic nitrogens is 2. The Morgan fingerprint density at radius 1 is 1.14 bits per heavy atom. The zero-order chi connectivity index (χ0) is 9.97. The first-order valence-corrected chi connectivity index (χ1v) is 5.80. The van der Waals surface area contributed by atoms with Crippen LogP contribution in [0.25, 0.3) is 0 Å². The van der Waals surface area contributed by atoms with Crippen LogP contribution in [0, 0.1) is 13.8 Å². The average Bonchev–Trinajstić information content (AvgIpc) is 2.43. The van der Waals surface area contributed by atoms with Crippen molar-refractivity contribution in [2.24, 2.45) is 0 Å². The largest absolute Gasteiger partial charge is 0.267 e. The van der Waals surface area contributed by atoms with Crippen molar-refractivity contribution in [3.8, 4) is 0 Å². The van der Waals surface area contributed by atoms with Crippen LogP contribution in [0.1, 0.15) is 56.0 Å². The number of hydrogen-bond acceptors (Lipinski definition) is 1. The minimum atomic E-state index is 0.672. The minimum Gasteiger partial charge on any atom is -0.267 e. The minimum absolute atomic E-state index is 0.672. The molecule has 0 unspecified atom stereocenters. The first-order chi connectivity index (χ1) is 6.77. The Labute approximate surface area is 86.3 Å². The molecule has 0 aliphatic heterocycles. The van der Waals surface area contributed by atoms with Gasteiger partial charge in [-0.2, -0.15) is 5.10 Å². The maximum Gasteiger partial charge on any atom is 0.0596 e. The van der Waals surface area contributed by atoms with E-state index in [2.05, 4.69) is 29.7 Å². The third-order valence-corrected chi connectivity index (χ3v) is 3.22. The molecule has 1 aliphatic rings. The van der Waals surface area contributed by atoms with Gasteiger partial charge in [0.1, 0.15) is 0 Å². The lowest BCUT2D eigenvalue weighted by Crippen LogP contribution is -2.11. The number of nitrogens with zero attached hydrogens (tertiary/aromatic N) is 2. The van der Waals surface area contributed by atoms with Crippen LogP contribution in [0.4, 0.5) is 0 Å². The Bertz CT molecular complexity index is 293. The summed E-state index contributed by atoms with van der Waals surface area (Å²) >= 11 is 0. The van der Waals surface area contributed by atoms with Crippen LogP contribution in [0.5, 0.6) is 0 Å². The molecule has 0 bridgehead atoms. The molecule has 78 valence electrons. The molecular weight excluding hydrogens is 172 g/mol. The highest BCUT2D eigenvalue weighted by Gasteiger charge is 2.16. The fraction of sp³-hybridized carbons (Fsp3) is 0.750. The lowest BCUT2D eigenvalue weighted by atomic mass is 10.1. The van der Waals surface area contributed by atoms with E-state index in [0.29, 0.717) is 6.04 Å². The SMILES string of the molecule is Cc1cc(C)n(C2CCCCCC2)n1. The summed E-state index contributed by atoms with van der Waals surface area (Å²) in [6.45, 7) is 4.26. The van der Waals surface area contributed by atoms with Crippen LogP contribution in [0.3, 0.4) is 0 Å². The smallest absolute Gasteiger partial charge is 0.0596 e. The predicted molar refractivity (Wildman–Crippen MR) is 58.4 cm³/mol. The van der Waals surface area contributed by atoms with E-state index >= 15 is 0 Å². The first-order valence-electron chi connectivity index (χ1n) is 5.80. The van der Waals surface area contributed by atoms with Crippen LogP contribution in [-0.4, -0.2) is 9.78 Å². The van der Waals surface area contributed by atoms with Crippen LogP contribution in [-0.2, 0) is 0 Å². The monoisotopic (exact) mass is 192 g/mol. The second kappa shape index (κ2) is 4.16. The molecule has 1 fully saturated rings. The van der Waals surface area contributed by atoms with E-state index in [1.54, 1.807) is 0 Å². The molecule has 2 nitrogen and oxygen atoms in total. The van der Waals surface area contributed by atoms with Crippen molar-refractivity contribution in [2.75, 3.05) is 0 Å². The Morgan fingerprint density at radius 3 is 2.29 bits per heavy atom. The quantitative estimate of drug-likeness (QED) is 0.624. The van der Waals surface area contributed by atoms with E-state index in [4.69, 9.17) is 0 Å². The van der Waals surface area contributed by atoms with Crippen molar-refractivity contribution in [3.05, 3.63) is 17.5 Å². The molecule has 0 spiro atoms. The fourth-order valence-corrected chi connectivity index (χ4v) is 2.52. The van der Waals surface area contributed by atoms with Crippen molar-refractivity contribution >= 4 is 0 Å². The van der Waals surface area contributed by atoms with E-state index in [1.165, 1.54) is 44.2 Å². The highest BCUT2D eigenvalue weighted by molar-refractivity contribution is 5.07. The molecule has 0 saturated heterocycles.